The molecule has 1 rings (SSSR count). The van der Waals surface area contributed by atoms with Crippen LogP contribution in [0.3, 0.4) is 0 Å². The normalized spacial score (nSPS) is 21.2. The maximum absolute atomic E-state index is 3.40. The van der Waals surface area contributed by atoms with Crippen LogP contribution in [0.2, 0.25) is 0 Å². The summed E-state index contributed by atoms with van der Waals surface area (Å²) in [5, 5.41) is 3.40. The van der Waals surface area contributed by atoms with E-state index in [1.807, 2.05) is 0 Å². The second-order valence-electron chi connectivity index (χ2n) is 4.35. The summed E-state index contributed by atoms with van der Waals surface area (Å²) in [5.74, 6) is 2.69. The third kappa shape index (κ3) is 5.79. The van der Waals surface area contributed by atoms with Gasteiger partial charge in [-0.3, -0.25) is 4.90 Å². The van der Waals surface area contributed by atoms with Crippen molar-refractivity contribution in [1.29, 1.82) is 0 Å². The second-order valence-corrected chi connectivity index (χ2v) is 5.57. The molecule has 1 aliphatic rings. The van der Waals surface area contributed by atoms with Gasteiger partial charge in [-0.1, -0.05) is 6.92 Å². The van der Waals surface area contributed by atoms with Crippen molar-refractivity contribution in [3.8, 4) is 0 Å². The lowest BCUT2D eigenvalue weighted by Gasteiger charge is -2.27. The first-order valence-electron chi connectivity index (χ1n) is 6.37. The minimum absolute atomic E-state index is 0.780. The Bertz CT molecular complexity index is 145. The Morgan fingerprint density at radius 3 is 3.00 bits per heavy atom. The molecule has 0 radical (unpaired) electrons. The van der Waals surface area contributed by atoms with Crippen molar-refractivity contribution in [3.05, 3.63) is 0 Å². The zero-order chi connectivity index (χ0) is 10.9. The molecule has 3 heteroatoms. The predicted octanol–water partition coefficient (Wildman–Crippen LogP) is 2.20. The van der Waals surface area contributed by atoms with Crippen molar-refractivity contribution in [2.45, 2.75) is 39.2 Å². The zero-order valence-electron chi connectivity index (χ0n) is 10.3. The summed E-state index contributed by atoms with van der Waals surface area (Å²) in [4.78, 5) is 2.67. The van der Waals surface area contributed by atoms with Gasteiger partial charge >= 0.3 is 0 Å². The van der Waals surface area contributed by atoms with E-state index < -0.39 is 0 Å². The topological polar surface area (TPSA) is 15.3 Å². The van der Waals surface area contributed by atoms with Crippen molar-refractivity contribution in [3.63, 3.8) is 0 Å². The molecule has 2 nitrogen and oxygen atoms in total. The Labute approximate surface area is 99.2 Å². The predicted molar refractivity (Wildman–Crippen MR) is 70.8 cm³/mol. The molecule has 1 unspecified atom stereocenters. The maximum atomic E-state index is 3.40. The molecule has 0 bridgehead atoms. The molecule has 0 aromatic heterocycles. The molecule has 15 heavy (non-hydrogen) atoms. The molecular weight excluding hydrogens is 204 g/mol. The summed E-state index contributed by atoms with van der Waals surface area (Å²) < 4.78 is 0. The van der Waals surface area contributed by atoms with Crippen LogP contribution in [0.1, 0.15) is 33.1 Å². The van der Waals surface area contributed by atoms with Gasteiger partial charge in [0.05, 0.1) is 0 Å². The monoisotopic (exact) mass is 230 g/mol. The molecule has 1 fully saturated rings. The van der Waals surface area contributed by atoms with E-state index in [9.17, 15) is 0 Å². The van der Waals surface area contributed by atoms with Crippen molar-refractivity contribution < 1.29 is 0 Å². The van der Waals surface area contributed by atoms with E-state index in [2.05, 4.69) is 35.8 Å². The maximum Gasteiger partial charge on any atom is 0.00752 e. The molecule has 0 saturated carbocycles. The Morgan fingerprint density at radius 2 is 2.20 bits per heavy atom. The van der Waals surface area contributed by atoms with Crippen LogP contribution >= 0.6 is 11.8 Å². The molecule has 1 aliphatic heterocycles. The van der Waals surface area contributed by atoms with Gasteiger partial charge in [-0.05, 0) is 51.6 Å². The van der Waals surface area contributed by atoms with E-state index in [1.165, 1.54) is 50.4 Å². The van der Waals surface area contributed by atoms with Crippen molar-refractivity contribution in [2.75, 3.05) is 37.7 Å². The molecular formula is C12H26N2S. The van der Waals surface area contributed by atoms with Crippen LogP contribution < -0.4 is 5.32 Å². The summed E-state index contributed by atoms with van der Waals surface area (Å²) >= 11 is 2.11. The summed E-state index contributed by atoms with van der Waals surface area (Å²) in [6.45, 7) is 9.47. The van der Waals surface area contributed by atoms with Crippen LogP contribution in [0, 0.1) is 0 Å². The third-order valence-corrected chi connectivity index (χ3v) is 4.15. The molecule has 1 N–H and O–H groups in total. The van der Waals surface area contributed by atoms with Crippen LogP contribution in [0.4, 0.5) is 0 Å². The number of nitrogens with zero attached hydrogens (tertiary/aromatic N) is 1. The number of rotatable bonds is 6. The standard InChI is InChI=1S/C12H26N2S/c1-3-13-7-4-6-12(2)14-8-5-10-15-11-9-14/h12-13H,3-11H2,1-2H3. The SMILES string of the molecule is CCNCCCC(C)N1CCCSCC1. The van der Waals surface area contributed by atoms with Gasteiger partial charge in [-0.25, -0.2) is 0 Å². The van der Waals surface area contributed by atoms with Gasteiger partial charge in [0.15, 0.2) is 0 Å². The van der Waals surface area contributed by atoms with E-state index >= 15 is 0 Å². The lowest BCUT2D eigenvalue weighted by Crippen LogP contribution is -2.35. The fraction of sp³-hybridized carbons (Fsp3) is 1.00. The third-order valence-electron chi connectivity index (χ3n) is 3.11. The summed E-state index contributed by atoms with van der Waals surface area (Å²) in [6, 6.07) is 0.780. The minimum Gasteiger partial charge on any atom is -0.317 e. The van der Waals surface area contributed by atoms with Crippen LogP contribution in [0.25, 0.3) is 0 Å². The van der Waals surface area contributed by atoms with Gasteiger partial charge in [-0.2, -0.15) is 11.8 Å². The number of hydrogen-bond acceptors (Lipinski definition) is 3. The molecule has 1 heterocycles. The first kappa shape index (κ1) is 13.3. The quantitative estimate of drug-likeness (QED) is 0.704. The molecule has 1 atom stereocenters. The van der Waals surface area contributed by atoms with E-state index in [-0.39, 0.29) is 0 Å². The van der Waals surface area contributed by atoms with Crippen LogP contribution in [0.5, 0.6) is 0 Å². The van der Waals surface area contributed by atoms with Crippen LogP contribution in [-0.4, -0.2) is 48.6 Å². The summed E-state index contributed by atoms with van der Waals surface area (Å²) in [6.07, 6.45) is 4.04. The first-order valence-corrected chi connectivity index (χ1v) is 7.52. The molecule has 0 aromatic carbocycles. The van der Waals surface area contributed by atoms with Crippen LogP contribution in [-0.2, 0) is 0 Å². The Hall–Kier alpha value is 0.270. The van der Waals surface area contributed by atoms with Crippen molar-refractivity contribution in [1.82, 2.24) is 10.2 Å². The molecule has 90 valence electrons. The number of nitrogens with one attached hydrogen (secondary N) is 1. The van der Waals surface area contributed by atoms with Crippen molar-refractivity contribution >= 4 is 11.8 Å². The van der Waals surface area contributed by atoms with E-state index in [1.54, 1.807) is 0 Å². The highest BCUT2D eigenvalue weighted by atomic mass is 32.2. The number of hydrogen-bond donors (Lipinski definition) is 1. The largest absolute Gasteiger partial charge is 0.317 e. The lowest BCUT2D eigenvalue weighted by molar-refractivity contribution is 0.212. The molecule has 0 aliphatic carbocycles. The van der Waals surface area contributed by atoms with E-state index in [0.717, 1.165) is 12.6 Å². The summed E-state index contributed by atoms with van der Waals surface area (Å²) in [7, 11) is 0. The zero-order valence-corrected chi connectivity index (χ0v) is 11.1. The highest BCUT2D eigenvalue weighted by molar-refractivity contribution is 7.99. The smallest absolute Gasteiger partial charge is 0.00752 e. The average molecular weight is 230 g/mol. The Morgan fingerprint density at radius 1 is 1.33 bits per heavy atom. The van der Waals surface area contributed by atoms with E-state index in [0.29, 0.717) is 0 Å². The van der Waals surface area contributed by atoms with Gasteiger partial charge in [-0.15, -0.1) is 0 Å². The van der Waals surface area contributed by atoms with Gasteiger partial charge < -0.3 is 5.32 Å². The molecule has 0 spiro atoms. The van der Waals surface area contributed by atoms with Crippen molar-refractivity contribution in [2.24, 2.45) is 0 Å². The molecule has 0 amide bonds. The second kappa shape index (κ2) is 8.43. The lowest BCUT2D eigenvalue weighted by atomic mass is 10.1. The van der Waals surface area contributed by atoms with Gasteiger partial charge in [0.2, 0.25) is 0 Å². The highest BCUT2D eigenvalue weighted by Crippen LogP contribution is 2.14. The fourth-order valence-electron chi connectivity index (χ4n) is 2.09. The average Bonchev–Trinajstić information content (AvgIpc) is 2.52. The molecule has 1 saturated heterocycles. The highest BCUT2D eigenvalue weighted by Gasteiger charge is 2.14. The van der Waals surface area contributed by atoms with Gasteiger partial charge in [0.1, 0.15) is 0 Å². The Kier molecular flexibility index (Phi) is 7.49. The first-order chi connectivity index (χ1) is 7.34. The van der Waals surface area contributed by atoms with E-state index in [4.69, 9.17) is 0 Å². The number of thioether (sulfide) groups is 1. The molecule has 0 aromatic rings. The minimum atomic E-state index is 0.780. The Balaban J connectivity index is 2.11. The summed E-state index contributed by atoms with van der Waals surface area (Å²) in [5.41, 5.74) is 0. The van der Waals surface area contributed by atoms with Gasteiger partial charge in [0, 0.05) is 18.3 Å². The van der Waals surface area contributed by atoms with Crippen LogP contribution in [0.15, 0.2) is 0 Å². The fourth-order valence-corrected chi connectivity index (χ4v) is 2.99. The van der Waals surface area contributed by atoms with Gasteiger partial charge in [0.25, 0.3) is 0 Å².